The molecule has 0 radical (unpaired) electrons. The number of hydrogen-bond donors (Lipinski definition) is 0. The van der Waals surface area contributed by atoms with Crippen LogP contribution in [0.3, 0.4) is 0 Å². The van der Waals surface area contributed by atoms with Crippen molar-refractivity contribution in [3.8, 4) is 0 Å². The van der Waals surface area contributed by atoms with Gasteiger partial charge in [0.15, 0.2) is 0 Å². The third-order valence-electron chi connectivity index (χ3n) is 3.17. The van der Waals surface area contributed by atoms with Gasteiger partial charge in [0.25, 0.3) is 0 Å². The normalized spacial score (nSPS) is 13.7. The SMILES string of the molecule is O=C(C1=NCCc2ccccc21)c1ccccc1. The Morgan fingerprint density at radius 1 is 0.944 bits per heavy atom. The van der Waals surface area contributed by atoms with Crippen molar-refractivity contribution >= 4 is 11.5 Å². The Kier molecular flexibility index (Phi) is 2.77. The van der Waals surface area contributed by atoms with E-state index in [0.29, 0.717) is 17.8 Å². The number of ketones is 1. The molecule has 0 amide bonds. The Morgan fingerprint density at radius 2 is 1.67 bits per heavy atom. The lowest BCUT2D eigenvalue weighted by atomic mass is 9.93. The Bertz CT molecular complexity index is 614. The summed E-state index contributed by atoms with van der Waals surface area (Å²) in [6, 6.07) is 17.4. The molecule has 2 nitrogen and oxygen atoms in total. The smallest absolute Gasteiger partial charge is 0.211 e. The van der Waals surface area contributed by atoms with E-state index in [9.17, 15) is 4.79 Å². The summed E-state index contributed by atoms with van der Waals surface area (Å²) in [4.78, 5) is 16.8. The molecule has 0 unspecified atom stereocenters. The second-order valence-corrected chi connectivity index (χ2v) is 4.33. The Morgan fingerprint density at radius 3 is 2.50 bits per heavy atom. The van der Waals surface area contributed by atoms with Crippen LogP contribution < -0.4 is 0 Å². The number of nitrogens with zero attached hydrogens (tertiary/aromatic N) is 1. The predicted octanol–water partition coefficient (Wildman–Crippen LogP) is 2.91. The molecule has 0 saturated carbocycles. The summed E-state index contributed by atoms with van der Waals surface area (Å²) in [7, 11) is 0. The summed E-state index contributed by atoms with van der Waals surface area (Å²) in [6.45, 7) is 0.699. The first kappa shape index (κ1) is 10.9. The highest BCUT2D eigenvalue weighted by Crippen LogP contribution is 2.18. The highest BCUT2D eigenvalue weighted by atomic mass is 16.1. The highest BCUT2D eigenvalue weighted by Gasteiger charge is 2.20. The number of aliphatic imine (C=N–C) groups is 1. The number of fused-ring (bicyclic) bond motifs is 1. The van der Waals surface area contributed by atoms with Gasteiger partial charge in [-0.1, -0.05) is 54.6 Å². The van der Waals surface area contributed by atoms with E-state index in [1.807, 2.05) is 48.5 Å². The number of rotatable bonds is 2. The molecule has 1 aliphatic heterocycles. The molecule has 0 aliphatic carbocycles. The molecule has 0 N–H and O–H groups in total. The zero-order valence-corrected chi connectivity index (χ0v) is 9.97. The van der Waals surface area contributed by atoms with Crippen LogP contribution in [-0.2, 0) is 6.42 Å². The Hall–Kier alpha value is -2.22. The van der Waals surface area contributed by atoms with Crippen LogP contribution in [0.2, 0.25) is 0 Å². The van der Waals surface area contributed by atoms with Crippen molar-refractivity contribution in [2.45, 2.75) is 6.42 Å². The van der Waals surface area contributed by atoms with Crippen molar-refractivity contribution in [1.29, 1.82) is 0 Å². The van der Waals surface area contributed by atoms with E-state index in [1.54, 1.807) is 0 Å². The van der Waals surface area contributed by atoms with Crippen molar-refractivity contribution in [1.82, 2.24) is 0 Å². The van der Waals surface area contributed by atoms with Crippen molar-refractivity contribution in [3.63, 3.8) is 0 Å². The molecule has 0 fully saturated rings. The lowest BCUT2D eigenvalue weighted by Crippen LogP contribution is -2.21. The van der Waals surface area contributed by atoms with Gasteiger partial charge in [-0.25, -0.2) is 0 Å². The van der Waals surface area contributed by atoms with Crippen LogP contribution in [0.5, 0.6) is 0 Å². The third kappa shape index (κ3) is 1.86. The molecule has 3 rings (SSSR count). The van der Waals surface area contributed by atoms with Gasteiger partial charge in [0.1, 0.15) is 5.71 Å². The molecule has 2 heteroatoms. The van der Waals surface area contributed by atoms with E-state index in [4.69, 9.17) is 0 Å². The quantitative estimate of drug-likeness (QED) is 0.736. The van der Waals surface area contributed by atoms with Crippen molar-refractivity contribution in [2.75, 3.05) is 6.54 Å². The number of Topliss-reactive ketones (excluding diaryl/α,β-unsaturated/α-hetero) is 1. The second kappa shape index (κ2) is 4.57. The van der Waals surface area contributed by atoms with Gasteiger partial charge in [0.2, 0.25) is 5.78 Å². The lowest BCUT2D eigenvalue weighted by Gasteiger charge is -2.15. The predicted molar refractivity (Wildman–Crippen MR) is 72.3 cm³/mol. The van der Waals surface area contributed by atoms with Crippen LogP contribution in [0.25, 0.3) is 0 Å². The molecule has 2 aromatic carbocycles. The summed E-state index contributed by atoms with van der Waals surface area (Å²) in [5.74, 6) is 0.0164. The number of hydrogen-bond acceptors (Lipinski definition) is 2. The van der Waals surface area contributed by atoms with E-state index in [-0.39, 0.29) is 5.78 Å². The first-order valence-corrected chi connectivity index (χ1v) is 6.09. The zero-order chi connectivity index (χ0) is 12.4. The van der Waals surface area contributed by atoms with Crippen LogP contribution >= 0.6 is 0 Å². The number of carbonyl (C=O) groups excluding carboxylic acids is 1. The summed E-state index contributed by atoms with van der Waals surface area (Å²) in [6.07, 6.45) is 0.918. The minimum atomic E-state index is 0.0164. The van der Waals surface area contributed by atoms with Crippen LogP contribution in [0.4, 0.5) is 0 Å². The monoisotopic (exact) mass is 235 g/mol. The molecule has 1 aliphatic rings. The molecule has 0 saturated heterocycles. The molecule has 0 atom stereocenters. The molecule has 1 heterocycles. The van der Waals surface area contributed by atoms with E-state index in [1.165, 1.54) is 5.56 Å². The summed E-state index contributed by atoms with van der Waals surface area (Å²) >= 11 is 0. The average molecular weight is 235 g/mol. The number of carbonyl (C=O) groups is 1. The fourth-order valence-corrected chi connectivity index (χ4v) is 2.26. The minimum Gasteiger partial charge on any atom is -0.287 e. The first-order valence-electron chi connectivity index (χ1n) is 6.09. The summed E-state index contributed by atoms with van der Waals surface area (Å²) < 4.78 is 0. The minimum absolute atomic E-state index is 0.0164. The van der Waals surface area contributed by atoms with E-state index >= 15 is 0 Å². The maximum atomic E-state index is 12.4. The van der Waals surface area contributed by atoms with Gasteiger partial charge in [0.05, 0.1) is 0 Å². The molecule has 2 aromatic rings. The Balaban J connectivity index is 2.03. The Labute approximate surface area is 106 Å². The van der Waals surface area contributed by atoms with E-state index in [0.717, 1.165) is 12.0 Å². The van der Waals surface area contributed by atoms with Gasteiger partial charge in [-0.05, 0) is 12.0 Å². The van der Waals surface area contributed by atoms with Crippen LogP contribution in [0.1, 0.15) is 21.5 Å². The fraction of sp³-hybridized carbons (Fsp3) is 0.125. The van der Waals surface area contributed by atoms with Crippen molar-refractivity contribution in [2.24, 2.45) is 4.99 Å². The third-order valence-corrected chi connectivity index (χ3v) is 3.17. The maximum Gasteiger partial charge on any atom is 0.211 e. The lowest BCUT2D eigenvalue weighted by molar-refractivity contribution is 0.106. The summed E-state index contributed by atoms with van der Waals surface area (Å²) in [5.41, 5.74) is 3.50. The van der Waals surface area contributed by atoms with E-state index < -0.39 is 0 Å². The van der Waals surface area contributed by atoms with Crippen molar-refractivity contribution in [3.05, 3.63) is 71.3 Å². The molecule has 0 spiro atoms. The standard InChI is InChI=1S/C16H13NO/c18-16(13-7-2-1-3-8-13)15-14-9-5-4-6-12(14)10-11-17-15/h1-9H,10-11H2. The first-order chi connectivity index (χ1) is 8.86. The van der Waals surface area contributed by atoms with Gasteiger partial charge in [-0.15, -0.1) is 0 Å². The molecule has 0 bridgehead atoms. The molecular weight excluding hydrogens is 222 g/mol. The van der Waals surface area contributed by atoms with Crippen LogP contribution in [-0.4, -0.2) is 18.0 Å². The fourth-order valence-electron chi connectivity index (χ4n) is 2.26. The molecule has 18 heavy (non-hydrogen) atoms. The van der Waals surface area contributed by atoms with E-state index in [2.05, 4.69) is 11.1 Å². The number of benzene rings is 2. The van der Waals surface area contributed by atoms with Gasteiger partial charge < -0.3 is 0 Å². The maximum absolute atomic E-state index is 12.4. The topological polar surface area (TPSA) is 29.4 Å². The second-order valence-electron chi connectivity index (χ2n) is 4.33. The van der Waals surface area contributed by atoms with Gasteiger partial charge in [-0.2, -0.15) is 0 Å². The van der Waals surface area contributed by atoms with Crippen LogP contribution in [0.15, 0.2) is 59.6 Å². The molecular formula is C16H13NO. The average Bonchev–Trinajstić information content (AvgIpc) is 2.47. The van der Waals surface area contributed by atoms with Gasteiger partial charge in [0, 0.05) is 17.7 Å². The largest absolute Gasteiger partial charge is 0.287 e. The molecule has 0 aromatic heterocycles. The zero-order valence-electron chi connectivity index (χ0n) is 9.97. The van der Waals surface area contributed by atoms with Crippen molar-refractivity contribution < 1.29 is 4.79 Å². The highest BCUT2D eigenvalue weighted by molar-refractivity contribution is 6.51. The summed E-state index contributed by atoms with van der Waals surface area (Å²) in [5, 5.41) is 0. The van der Waals surface area contributed by atoms with Crippen LogP contribution in [0, 0.1) is 0 Å². The van der Waals surface area contributed by atoms with Gasteiger partial charge in [-0.3, -0.25) is 9.79 Å². The van der Waals surface area contributed by atoms with Gasteiger partial charge >= 0.3 is 0 Å². The molecule has 88 valence electrons.